The maximum atomic E-state index is 12.4. The summed E-state index contributed by atoms with van der Waals surface area (Å²) in [5.41, 5.74) is 2.51. The molecule has 0 bridgehead atoms. The molecule has 5 nitrogen and oxygen atoms in total. The topological polar surface area (TPSA) is 64.6 Å². The first-order valence-corrected chi connectivity index (χ1v) is 10.3. The lowest BCUT2D eigenvalue weighted by atomic mass is 10.1. The van der Waals surface area contributed by atoms with Gasteiger partial charge in [0.15, 0.2) is 6.61 Å². The highest BCUT2D eigenvalue weighted by Gasteiger charge is 2.20. The average Bonchev–Trinajstić information content (AvgIpc) is 3.17. The van der Waals surface area contributed by atoms with Crippen LogP contribution in [0, 0.1) is 0 Å². The van der Waals surface area contributed by atoms with E-state index in [1.807, 2.05) is 54.6 Å². The quantitative estimate of drug-likeness (QED) is 0.521. The summed E-state index contributed by atoms with van der Waals surface area (Å²) in [6.07, 6.45) is 0.944. The number of esters is 1. The van der Waals surface area contributed by atoms with Gasteiger partial charge < -0.3 is 14.8 Å². The smallest absolute Gasteiger partial charge is 0.341 e. The van der Waals surface area contributed by atoms with Crippen molar-refractivity contribution in [1.29, 1.82) is 0 Å². The van der Waals surface area contributed by atoms with Gasteiger partial charge in [-0.1, -0.05) is 49.4 Å². The van der Waals surface area contributed by atoms with Gasteiger partial charge in [0, 0.05) is 4.88 Å². The molecule has 0 saturated heterocycles. The third-order valence-corrected chi connectivity index (χ3v) is 5.34. The summed E-state index contributed by atoms with van der Waals surface area (Å²) >= 11 is 1.33. The fourth-order valence-corrected chi connectivity index (χ4v) is 3.79. The fraction of sp³-hybridized carbons (Fsp3) is 0.217. The molecule has 0 aliphatic heterocycles. The summed E-state index contributed by atoms with van der Waals surface area (Å²) < 4.78 is 10.7. The van der Waals surface area contributed by atoms with Crippen LogP contribution in [0.4, 0.5) is 5.00 Å². The standard InChI is InChI=1S/C23H23NO4S/c1-3-16-10-12-18(13-11-16)28-15-21(25)24-22-19(23(26)27-4-2)14-20(29-22)17-8-6-5-7-9-17/h5-14H,3-4,15H2,1-2H3,(H,24,25). The number of carbonyl (C=O) groups is 2. The molecule has 2 aromatic carbocycles. The van der Waals surface area contributed by atoms with E-state index in [0.29, 0.717) is 16.3 Å². The van der Waals surface area contributed by atoms with Crippen molar-refractivity contribution in [2.75, 3.05) is 18.5 Å². The highest BCUT2D eigenvalue weighted by Crippen LogP contribution is 2.35. The first kappa shape index (κ1) is 20.6. The lowest BCUT2D eigenvalue weighted by Gasteiger charge is -2.08. The minimum absolute atomic E-state index is 0.147. The monoisotopic (exact) mass is 409 g/mol. The van der Waals surface area contributed by atoms with E-state index >= 15 is 0 Å². The van der Waals surface area contributed by atoms with Gasteiger partial charge in [0.25, 0.3) is 5.91 Å². The van der Waals surface area contributed by atoms with E-state index in [1.165, 1.54) is 16.9 Å². The number of hydrogen-bond donors (Lipinski definition) is 1. The normalized spacial score (nSPS) is 10.4. The van der Waals surface area contributed by atoms with E-state index in [4.69, 9.17) is 9.47 Å². The van der Waals surface area contributed by atoms with Gasteiger partial charge in [0.1, 0.15) is 10.8 Å². The van der Waals surface area contributed by atoms with Gasteiger partial charge in [0.2, 0.25) is 0 Å². The van der Waals surface area contributed by atoms with Crippen LogP contribution in [0.2, 0.25) is 0 Å². The van der Waals surface area contributed by atoms with E-state index in [9.17, 15) is 9.59 Å². The van der Waals surface area contributed by atoms with Gasteiger partial charge in [-0.15, -0.1) is 11.3 Å². The van der Waals surface area contributed by atoms with Crippen LogP contribution in [-0.2, 0) is 16.0 Å². The average molecular weight is 410 g/mol. The molecule has 0 atom stereocenters. The van der Waals surface area contributed by atoms with Crippen molar-refractivity contribution in [2.45, 2.75) is 20.3 Å². The Balaban J connectivity index is 1.72. The van der Waals surface area contributed by atoms with E-state index in [2.05, 4.69) is 12.2 Å². The van der Waals surface area contributed by atoms with Crippen LogP contribution >= 0.6 is 11.3 Å². The Morgan fingerprint density at radius 1 is 1.00 bits per heavy atom. The molecule has 1 aromatic heterocycles. The molecule has 1 N–H and O–H groups in total. The van der Waals surface area contributed by atoms with Gasteiger partial charge in [-0.2, -0.15) is 0 Å². The van der Waals surface area contributed by atoms with E-state index < -0.39 is 5.97 Å². The van der Waals surface area contributed by atoms with Crippen LogP contribution in [0.1, 0.15) is 29.8 Å². The summed E-state index contributed by atoms with van der Waals surface area (Å²) in [6.45, 7) is 3.94. The minimum atomic E-state index is -0.461. The number of thiophene rings is 1. The Morgan fingerprint density at radius 3 is 2.38 bits per heavy atom. The molecular formula is C23H23NO4S. The van der Waals surface area contributed by atoms with Crippen LogP contribution in [0.5, 0.6) is 5.75 Å². The zero-order valence-electron chi connectivity index (χ0n) is 16.4. The number of amides is 1. The zero-order valence-corrected chi connectivity index (χ0v) is 17.3. The van der Waals surface area contributed by atoms with Crippen molar-refractivity contribution in [3.63, 3.8) is 0 Å². The summed E-state index contributed by atoms with van der Waals surface area (Å²) in [6, 6.07) is 19.1. The number of nitrogens with one attached hydrogen (secondary N) is 1. The van der Waals surface area contributed by atoms with Crippen LogP contribution in [0.25, 0.3) is 10.4 Å². The summed E-state index contributed by atoms with van der Waals surface area (Å²) in [5.74, 6) is -0.173. The van der Waals surface area contributed by atoms with Gasteiger partial charge in [-0.25, -0.2) is 4.79 Å². The molecule has 1 heterocycles. The molecule has 0 saturated carbocycles. The third-order valence-electron chi connectivity index (χ3n) is 4.24. The second-order valence-corrected chi connectivity index (χ2v) is 7.33. The molecule has 0 aliphatic carbocycles. The van der Waals surface area contributed by atoms with Gasteiger partial charge in [-0.05, 0) is 42.7 Å². The number of ether oxygens (including phenoxy) is 2. The number of carbonyl (C=O) groups excluding carboxylic acids is 2. The maximum Gasteiger partial charge on any atom is 0.341 e. The summed E-state index contributed by atoms with van der Waals surface area (Å²) in [5, 5.41) is 3.24. The van der Waals surface area contributed by atoms with Crippen molar-refractivity contribution in [3.05, 3.63) is 71.8 Å². The number of anilines is 1. The lowest BCUT2D eigenvalue weighted by Crippen LogP contribution is -2.21. The Morgan fingerprint density at radius 2 is 1.72 bits per heavy atom. The number of aryl methyl sites for hydroxylation is 1. The first-order chi connectivity index (χ1) is 14.1. The molecule has 3 aromatic rings. The number of rotatable bonds is 8. The molecule has 150 valence electrons. The predicted octanol–water partition coefficient (Wildman–Crippen LogP) is 5.17. The molecule has 29 heavy (non-hydrogen) atoms. The largest absolute Gasteiger partial charge is 0.484 e. The van der Waals surface area contributed by atoms with E-state index in [0.717, 1.165) is 16.9 Å². The molecule has 0 unspecified atom stereocenters. The summed E-state index contributed by atoms with van der Waals surface area (Å²) in [4.78, 5) is 25.6. The lowest BCUT2D eigenvalue weighted by molar-refractivity contribution is -0.118. The van der Waals surface area contributed by atoms with Crippen LogP contribution in [-0.4, -0.2) is 25.1 Å². The van der Waals surface area contributed by atoms with Gasteiger partial charge >= 0.3 is 5.97 Å². The Kier molecular flexibility index (Phi) is 7.03. The van der Waals surface area contributed by atoms with Gasteiger partial charge in [0.05, 0.1) is 12.2 Å². The van der Waals surface area contributed by atoms with Crippen LogP contribution in [0.3, 0.4) is 0 Å². The molecule has 3 rings (SSSR count). The second kappa shape index (κ2) is 9.89. The van der Waals surface area contributed by atoms with Crippen molar-refractivity contribution >= 4 is 28.2 Å². The van der Waals surface area contributed by atoms with Crippen molar-refractivity contribution in [3.8, 4) is 16.2 Å². The van der Waals surface area contributed by atoms with Crippen LogP contribution in [0.15, 0.2) is 60.7 Å². The second-order valence-electron chi connectivity index (χ2n) is 6.27. The molecule has 0 spiro atoms. The molecule has 0 aliphatic rings. The Bertz CT molecular complexity index is 964. The van der Waals surface area contributed by atoms with Gasteiger partial charge in [-0.3, -0.25) is 4.79 Å². The highest BCUT2D eigenvalue weighted by molar-refractivity contribution is 7.20. The van der Waals surface area contributed by atoms with E-state index in [1.54, 1.807) is 13.0 Å². The Labute approximate surface area is 174 Å². The number of hydrogen-bond acceptors (Lipinski definition) is 5. The van der Waals surface area contributed by atoms with Crippen molar-refractivity contribution < 1.29 is 19.1 Å². The summed E-state index contributed by atoms with van der Waals surface area (Å²) in [7, 11) is 0. The fourth-order valence-electron chi connectivity index (χ4n) is 2.72. The minimum Gasteiger partial charge on any atom is -0.484 e. The Hall–Kier alpha value is -3.12. The predicted molar refractivity (Wildman–Crippen MR) is 116 cm³/mol. The molecular weight excluding hydrogens is 386 g/mol. The molecule has 0 radical (unpaired) electrons. The third kappa shape index (κ3) is 5.45. The van der Waals surface area contributed by atoms with E-state index in [-0.39, 0.29) is 19.1 Å². The van der Waals surface area contributed by atoms with Crippen molar-refractivity contribution in [1.82, 2.24) is 0 Å². The molecule has 1 amide bonds. The SMILES string of the molecule is CCOC(=O)c1cc(-c2ccccc2)sc1NC(=O)COc1ccc(CC)cc1. The highest BCUT2D eigenvalue weighted by atomic mass is 32.1. The van der Waals surface area contributed by atoms with Crippen LogP contribution < -0.4 is 10.1 Å². The first-order valence-electron chi connectivity index (χ1n) is 9.48. The molecule has 6 heteroatoms. The van der Waals surface area contributed by atoms with Crippen molar-refractivity contribution in [2.24, 2.45) is 0 Å². The zero-order chi connectivity index (χ0) is 20.6. The number of benzene rings is 2. The molecule has 0 fully saturated rings. The maximum absolute atomic E-state index is 12.4.